The van der Waals surface area contributed by atoms with Crippen molar-refractivity contribution in [1.29, 1.82) is 0 Å². The Morgan fingerprint density at radius 1 is 1.15 bits per heavy atom. The third-order valence-electron chi connectivity index (χ3n) is 4.70. The van der Waals surface area contributed by atoms with Gasteiger partial charge in [0.2, 0.25) is 0 Å². The van der Waals surface area contributed by atoms with Gasteiger partial charge in [-0.25, -0.2) is 4.79 Å². The third kappa shape index (κ3) is 3.27. The fourth-order valence-electron chi connectivity index (χ4n) is 3.43. The van der Waals surface area contributed by atoms with Gasteiger partial charge >= 0.3 is 5.69 Å². The van der Waals surface area contributed by atoms with Crippen LogP contribution in [0.15, 0.2) is 23.0 Å². The van der Waals surface area contributed by atoms with E-state index in [0.717, 1.165) is 27.7 Å². The summed E-state index contributed by atoms with van der Waals surface area (Å²) in [6.45, 7) is 10.4. The number of fused-ring (bicyclic) bond motifs is 1. The predicted octanol–water partition coefficient (Wildman–Crippen LogP) is 2.70. The first kappa shape index (κ1) is 17.9. The molecule has 2 heterocycles. The first-order valence-electron chi connectivity index (χ1n) is 8.70. The summed E-state index contributed by atoms with van der Waals surface area (Å²) in [6, 6.07) is 6.04. The lowest BCUT2D eigenvalue weighted by Crippen LogP contribution is -2.33. The van der Waals surface area contributed by atoms with Gasteiger partial charge in [-0.05, 0) is 57.9 Å². The van der Waals surface area contributed by atoms with Gasteiger partial charge in [0.1, 0.15) is 5.69 Å². The van der Waals surface area contributed by atoms with E-state index in [4.69, 9.17) is 0 Å². The maximum Gasteiger partial charge on any atom is 0.348 e. The summed E-state index contributed by atoms with van der Waals surface area (Å²) in [4.78, 5) is 31.8. The molecule has 3 rings (SSSR count). The van der Waals surface area contributed by atoms with Gasteiger partial charge in [-0.3, -0.25) is 9.36 Å². The third-order valence-corrected chi connectivity index (χ3v) is 4.70. The van der Waals surface area contributed by atoms with E-state index < -0.39 is 0 Å². The topological polar surface area (TPSA) is 79.8 Å². The molecular weight excluding hydrogens is 328 g/mol. The van der Waals surface area contributed by atoms with E-state index in [1.807, 2.05) is 33.8 Å². The van der Waals surface area contributed by atoms with Crippen molar-refractivity contribution in [3.8, 4) is 0 Å². The number of hydrogen-bond acceptors (Lipinski definition) is 3. The molecule has 6 heteroatoms. The Morgan fingerprint density at radius 2 is 1.88 bits per heavy atom. The van der Waals surface area contributed by atoms with Gasteiger partial charge in [0.25, 0.3) is 5.91 Å². The monoisotopic (exact) mass is 352 g/mol. The zero-order valence-electron chi connectivity index (χ0n) is 15.9. The minimum atomic E-state index is -0.287. The summed E-state index contributed by atoms with van der Waals surface area (Å²) in [5.41, 5.74) is 6.05. The van der Waals surface area contributed by atoms with Crippen molar-refractivity contribution in [3.63, 3.8) is 0 Å². The molecule has 136 valence electrons. The van der Waals surface area contributed by atoms with E-state index in [0.29, 0.717) is 24.5 Å². The lowest BCUT2D eigenvalue weighted by molar-refractivity contribution is 0.0947. The maximum atomic E-state index is 12.6. The van der Waals surface area contributed by atoms with Gasteiger partial charge in [0.05, 0.1) is 0 Å². The molecule has 3 aromatic rings. The molecule has 0 saturated carbocycles. The number of carbonyl (C=O) groups is 1. The summed E-state index contributed by atoms with van der Waals surface area (Å²) in [5.74, 6) is -0.165. The maximum absolute atomic E-state index is 12.6. The molecular formula is C20H24N4O2. The van der Waals surface area contributed by atoms with E-state index in [9.17, 15) is 9.59 Å². The molecule has 0 unspecified atom stereocenters. The smallest absolute Gasteiger partial charge is 0.348 e. The Balaban J connectivity index is 1.77. The van der Waals surface area contributed by atoms with Crippen LogP contribution in [0.25, 0.3) is 10.9 Å². The number of nitrogens with one attached hydrogen (secondary N) is 2. The van der Waals surface area contributed by atoms with Crippen molar-refractivity contribution in [2.75, 3.05) is 6.54 Å². The van der Waals surface area contributed by atoms with Crippen molar-refractivity contribution in [2.45, 2.75) is 41.2 Å². The van der Waals surface area contributed by atoms with Crippen LogP contribution in [0.2, 0.25) is 0 Å². The van der Waals surface area contributed by atoms with Crippen LogP contribution in [-0.4, -0.2) is 27.0 Å². The molecule has 2 N–H and O–H groups in total. The van der Waals surface area contributed by atoms with Crippen LogP contribution in [0.3, 0.4) is 0 Å². The second-order valence-electron chi connectivity index (χ2n) is 6.86. The highest BCUT2D eigenvalue weighted by molar-refractivity contribution is 6.01. The largest absolute Gasteiger partial charge is 0.350 e. The molecule has 0 aliphatic heterocycles. The lowest BCUT2D eigenvalue weighted by atomic mass is 10.1. The molecule has 0 aliphatic carbocycles. The number of benzene rings is 1. The zero-order valence-corrected chi connectivity index (χ0v) is 15.9. The summed E-state index contributed by atoms with van der Waals surface area (Å²) >= 11 is 0. The minimum absolute atomic E-state index is 0.165. The Morgan fingerprint density at radius 3 is 2.58 bits per heavy atom. The average Bonchev–Trinajstić information content (AvgIpc) is 2.87. The zero-order chi connectivity index (χ0) is 19.0. The van der Waals surface area contributed by atoms with Crippen LogP contribution in [-0.2, 0) is 6.54 Å². The SMILES string of the molecule is Cc1cc(C)c2[nH]c(C(=O)NCCn3c(C)cc(C)nc3=O)c(C)c2c1. The molecule has 0 saturated heterocycles. The second kappa shape index (κ2) is 6.78. The summed E-state index contributed by atoms with van der Waals surface area (Å²) in [7, 11) is 0. The number of H-pyrrole nitrogens is 1. The van der Waals surface area contributed by atoms with Crippen LogP contribution in [0.4, 0.5) is 0 Å². The van der Waals surface area contributed by atoms with Crippen LogP contribution in [0.1, 0.15) is 38.6 Å². The molecule has 1 amide bonds. The van der Waals surface area contributed by atoms with E-state index in [1.165, 1.54) is 5.56 Å². The van der Waals surface area contributed by atoms with Gasteiger partial charge in [-0.1, -0.05) is 11.6 Å². The number of rotatable bonds is 4. The Kier molecular flexibility index (Phi) is 4.68. The molecule has 26 heavy (non-hydrogen) atoms. The first-order chi connectivity index (χ1) is 12.3. The van der Waals surface area contributed by atoms with E-state index in [-0.39, 0.29) is 11.6 Å². The van der Waals surface area contributed by atoms with E-state index in [2.05, 4.69) is 27.4 Å². The summed E-state index contributed by atoms with van der Waals surface area (Å²) < 4.78 is 1.57. The molecule has 0 bridgehead atoms. The molecule has 0 aliphatic rings. The number of nitrogens with zero attached hydrogens (tertiary/aromatic N) is 2. The average molecular weight is 352 g/mol. The number of hydrogen-bond donors (Lipinski definition) is 2. The van der Waals surface area contributed by atoms with E-state index >= 15 is 0 Å². The number of carbonyl (C=O) groups excluding carboxylic acids is 1. The Bertz CT molecular complexity index is 1060. The molecule has 0 fully saturated rings. The highest BCUT2D eigenvalue weighted by atomic mass is 16.2. The molecule has 0 radical (unpaired) electrons. The fraction of sp³-hybridized carbons (Fsp3) is 0.350. The van der Waals surface area contributed by atoms with Crippen LogP contribution in [0, 0.1) is 34.6 Å². The van der Waals surface area contributed by atoms with Gasteiger partial charge < -0.3 is 10.3 Å². The van der Waals surface area contributed by atoms with Crippen LogP contribution >= 0.6 is 0 Å². The molecule has 6 nitrogen and oxygen atoms in total. The minimum Gasteiger partial charge on any atom is -0.350 e. The quantitative estimate of drug-likeness (QED) is 0.758. The molecule has 0 atom stereocenters. The number of aryl methyl sites for hydroxylation is 5. The standard InChI is InChI=1S/C20H24N4O2/c1-11-8-12(2)17-16(9-11)15(5)18(23-17)19(25)21-6-7-24-14(4)10-13(3)22-20(24)26/h8-10,23H,6-7H2,1-5H3,(H,21,25). The normalized spacial score (nSPS) is 11.1. The van der Waals surface area contributed by atoms with Gasteiger partial charge in [-0.15, -0.1) is 0 Å². The summed E-state index contributed by atoms with van der Waals surface area (Å²) in [5, 5.41) is 3.97. The lowest BCUT2D eigenvalue weighted by Gasteiger charge is -2.10. The van der Waals surface area contributed by atoms with Crippen molar-refractivity contribution < 1.29 is 4.79 Å². The van der Waals surface area contributed by atoms with Crippen molar-refractivity contribution in [1.82, 2.24) is 19.9 Å². The van der Waals surface area contributed by atoms with E-state index in [1.54, 1.807) is 11.5 Å². The Hall–Kier alpha value is -2.89. The van der Waals surface area contributed by atoms with Crippen molar-refractivity contribution >= 4 is 16.8 Å². The van der Waals surface area contributed by atoms with Gasteiger partial charge in [-0.2, -0.15) is 4.98 Å². The van der Waals surface area contributed by atoms with Gasteiger partial charge in [0.15, 0.2) is 0 Å². The molecule has 2 aromatic heterocycles. The number of aromatic nitrogens is 3. The molecule has 1 aromatic carbocycles. The van der Waals surface area contributed by atoms with Crippen molar-refractivity contribution in [3.05, 3.63) is 62.5 Å². The highest BCUT2D eigenvalue weighted by Gasteiger charge is 2.16. The Labute approximate surface area is 152 Å². The predicted molar refractivity (Wildman–Crippen MR) is 103 cm³/mol. The van der Waals surface area contributed by atoms with Crippen LogP contribution < -0.4 is 11.0 Å². The molecule has 0 spiro atoms. The summed E-state index contributed by atoms with van der Waals surface area (Å²) in [6.07, 6.45) is 0. The van der Waals surface area contributed by atoms with Crippen LogP contribution in [0.5, 0.6) is 0 Å². The highest BCUT2D eigenvalue weighted by Crippen LogP contribution is 2.25. The number of amides is 1. The number of aromatic amines is 1. The fourth-order valence-corrected chi connectivity index (χ4v) is 3.43. The van der Waals surface area contributed by atoms with Gasteiger partial charge in [0, 0.05) is 35.4 Å². The second-order valence-corrected chi connectivity index (χ2v) is 6.86. The first-order valence-corrected chi connectivity index (χ1v) is 8.70. The van der Waals surface area contributed by atoms with Crippen molar-refractivity contribution in [2.24, 2.45) is 0 Å².